The van der Waals surface area contributed by atoms with Crippen molar-refractivity contribution in [2.24, 2.45) is 11.8 Å². The molecule has 1 aromatic carbocycles. The number of benzene rings is 1. The van der Waals surface area contributed by atoms with Crippen molar-refractivity contribution in [1.82, 2.24) is 4.90 Å². The number of nitrogens with zero attached hydrogens (tertiary/aromatic N) is 2. The number of anilines is 2. The fourth-order valence-electron chi connectivity index (χ4n) is 3.31. The van der Waals surface area contributed by atoms with E-state index in [-0.39, 0.29) is 23.8 Å². The van der Waals surface area contributed by atoms with Crippen LogP contribution in [-0.2, 0) is 16.1 Å². The van der Waals surface area contributed by atoms with Crippen molar-refractivity contribution in [2.45, 2.75) is 73.4 Å². The summed E-state index contributed by atoms with van der Waals surface area (Å²) in [6, 6.07) is 6.08. The fraction of sp³-hybridized carbons (Fsp3) is 0.652. The first-order valence-corrected chi connectivity index (χ1v) is 10.6. The average Bonchev–Trinajstić information content (AvgIpc) is 2.66. The molecule has 158 valence electrons. The lowest BCUT2D eigenvalue weighted by molar-refractivity contribution is -0.139. The molecule has 1 atom stereocenters. The predicted octanol–water partition coefficient (Wildman–Crippen LogP) is 4.91. The van der Waals surface area contributed by atoms with E-state index in [1.165, 1.54) is 0 Å². The highest BCUT2D eigenvalue weighted by atomic mass is 16.2. The Kier molecular flexibility index (Phi) is 9.50. The van der Waals surface area contributed by atoms with Gasteiger partial charge in [-0.1, -0.05) is 34.6 Å². The Bertz CT molecular complexity index is 651. The van der Waals surface area contributed by atoms with Crippen LogP contribution in [0, 0.1) is 11.8 Å². The topological polar surface area (TPSA) is 52.7 Å². The second-order valence-corrected chi connectivity index (χ2v) is 8.10. The second-order valence-electron chi connectivity index (χ2n) is 8.10. The van der Waals surface area contributed by atoms with Gasteiger partial charge in [0.1, 0.15) is 0 Å². The Morgan fingerprint density at radius 2 is 1.64 bits per heavy atom. The van der Waals surface area contributed by atoms with Crippen molar-refractivity contribution >= 4 is 23.2 Å². The molecule has 1 aromatic rings. The molecular formula is C23H39N3O2. The highest BCUT2D eigenvalue weighted by Gasteiger charge is 2.28. The molecule has 0 aliphatic carbocycles. The maximum absolute atomic E-state index is 13.3. The van der Waals surface area contributed by atoms with E-state index in [0.717, 1.165) is 29.8 Å². The van der Waals surface area contributed by atoms with Crippen molar-refractivity contribution in [2.75, 3.05) is 24.3 Å². The van der Waals surface area contributed by atoms with Crippen LogP contribution in [0.1, 0.15) is 66.4 Å². The zero-order chi connectivity index (χ0) is 21.4. The van der Waals surface area contributed by atoms with E-state index >= 15 is 0 Å². The third-order valence-electron chi connectivity index (χ3n) is 5.58. The number of rotatable bonds is 10. The van der Waals surface area contributed by atoms with Gasteiger partial charge >= 0.3 is 0 Å². The van der Waals surface area contributed by atoms with Crippen LogP contribution in [0.3, 0.4) is 0 Å². The number of hydrogen-bond donors (Lipinski definition) is 1. The molecule has 0 aliphatic rings. The number of nitrogens with one attached hydrogen (secondary N) is 1. The molecule has 0 saturated carbocycles. The summed E-state index contributed by atoms with van der Waals surface area (Å²) in [5.41, 5.74) is 2.89. The summed E-state index contributed by atoms with van der Waals surface area (Å²) < 4.78 is 0. The minimum Gasteiger partial charge on any atom is -0.377 e. The summed E-state index contributed by atoms with van der Waals surface area (Å²) in [6.45, 7) is 13.0. The first-order chi connectivity index (χ1) is 13.2. The zero-order valence-corrected chi connectivity index (χ0v) is 19.0. The van der Waals surface area contributed by atoms with Gasteiger partial charge in [-0.15, -0.1) is 0 Å². The molecule has 0 heterocycles. The number of hydrogen-bond acceptors (Lipinski definition) is 3. The fourth-order valence-corrected chi connectivity index (χ4v) is 3.31. The molecular weight excluding hydrogens is 350 g/mol. The van der Waals surface area contributed by atoms with E-state index in [2.05, 4.69) is 44.8 Å². The summed E-state index contributed by atoms with van der Waals surface area (Å²) in [6.07, 6.45) is 2.14. The van der Waals surface area contributed by atoms with E-state index in [9.17, 15) is 9.59 Å². The van der Waals surface area contributed by atoms with Gasteiger partial charge < -0.3 is 15.1 Å². The molecule has 2 amide bonds. The first-order valence-electron chi connectivity index (χ1n) is 10.6. The van der Waals surface area contributed by atoms with Crippen LogP contribution < -0.4 is 10.2 Å². The van der Waals surface area contributed by atoms with Crippen LogP contribution in [-0.4, -0.2) is 36.9 Å². The molecule has 5 nitrogen and oxygen atoms in total. The van der Waals surface area contributed by atoms with Crippen LogP contribution in [0.2, 0.25) is 0 Å². The summed E-state index contributed by atoms with van der Waals surface area (Å²) in [5, 5.41) is 2.94. The van der Waals surface area contributed by atoms with E-state index in [4.69, 9.17) is 0 Å². The monoisotopic (exact) mass is 389 g/mol. The van der Waals surface area contributed by atoms with Gasteiger partial charge in [-0.05, 0) is 49.4 Å². The number of carbonyl (C=O) groups is 2. The van der Waals surface area contributed by atoms with Crippen LogP contribution in [0.15, 0.2) is 18.2 Å². The predicted molar refractivity (Wildman–Crippen MR) is 119 cm³/mol. The Balaban J connectivity index is 3.32. The molecule has 0 fully saturated rings. The summed E-state index contributed by atoms with van der Waals surface area (Å²) in [4.78, 5) is 29.2. The normalized spacial score (nSPS) is 12.2. The zero-order valence-electron chi connectivity index (χ0n) is 19.0. The van der Waals surface area contributed by atoms with Gasteiger partial charge in [0, 0.05) is 50.4 Å². The van der Waals surface area contributed by atoms with Crippen LogP contribution in [0.25, 0.3) is 0 Å². The quantitative estimate of drug-likeness (QED) is 0.618. The molecule has 1 N–H and O–H groups in total. The molecule has 1 unspecified atom stereocenters. The van der Waals surface area contributed by atoms with Gasteiger partial charge in [-0.25, -0.2) is 0 Å². The smallest absolute Gasteiger partial charge is 0.226 e. The third kappa shape index (κ3) is 6.25. The molecule has 0 aliphatic heterocycles. The number of amides is 2. The van der Waals surface area contributed by atoms with Crippen molar-refractivity contribution in [3.63, 3.8) is 0 Å². The van der Waals surface area contributed by atoms with Crippen molar-refractivity contribution in [1.29, 1.82) is 0 Å². The molecule has 28 heavy (non-hydrogen) atoms. The van der Waals surface area contributed by atoms with Crippen LogP contribution in [0.5, 0.6) is 0 Å². The summed E-state index contributed by atoms with van der Waals surface area (Å²) >= 11 is 0. The SMILES string of the molecule is CCC(=O)Nc1ccc(N(C)C)c(CN(C(=O)C(CC)CC)C(C)C(C)C)c1. The molecule has 0 aromatic heterocycles. The van der Waals surface area contributed by atoms with Gasteiger partial charge in [0.2, 0.25) is 11.8 Å². The maximum Gasteiger partial charge on any atom is 0.226 e. The second kappa shape index (κ2) is 11.1. The van der Waals surface area contributed by atoms with Gasteiger partial charge in [-0.2, -0.15) is 0 Å². The van der Waals surface area contributed by atoms with Crippen LogP contribution in [0.4, 0.5) is 11.4 Å². The highest BCUT2D eigenvalue weighted by molar-refractivity contribution is 5.91. The van der Waals surface area contributed by atoms with Crippen LogP contribution >= 0.6 is 0 Å². The third-order valence-corrected chi connectivity index (χ3v) is 5.58. The van der Waals surface area contributed by atoms with Gasteiger partial charge in [0.05, 0.1) is 0 Å². The lowest BCUT2D eigenvalue weighted by Gasteiger charge is -2.35. The van der Waals surface area contributed by atoms with E-state index < -0.39 is 0 Å². The van der Waals surface area contributed by atoms with Gasteiger partial charge in [-0.3, -0.25) is 9.59 Å². The van der Waals surface area contributed by atoms with E-state index in [0.29, 0.717) is 18.9 Å². The molecule has 1 rings (SSSR count). The minimum atomic E-state index is -0.0101. The summed E-state index contributed by atoms with van der Waals surface area (Å²) in [5.74, 6) is 0.624. The van der Waals surface area contributed by atoms with Gasteiger partial charge in [0.25, 0.3) is 0 Å². The molecule has 0 radical (unpaired) electrons. The maximum atomic E-state index is 13.3. The van der Waals surface area contributed by atoms with E-state index in [1.807, 2.05) is 44.1 Å². The van der Waals surface area contributed by atoms with Crippen molar-refractivity contribution < 1.29 is 9.59 Å². The summed E-state index contributed by atoms with van der Waals surface area (Å²) in [7, 11) is 4.00. The Morgan fingerprint density at radius 1 is 1.04 bits per heavy atom. The minimum absolute atomic E-state index is 0.0101. The molecule has 0 saturated heterocycles. The molecule has 0 spiro atoms. The number of carbonyl (C=O) groups excluding carboxylic acids is 2. The van der Waals surface area contributed by atoms with E-state index in [1.54, 1.807) is 0 Å². The molecule has 0 bridgehead atoms. The lowest BCUT2D eigenvalue weighted by Crippen LogP contribution is -2.44. The standard InChI is InChI=1S/C23H39N3O2/c1-9-18(10-2)23(28)26(17(6)16(4)5)15-19-14-20(24-22(27)11-3)12-13-21(19)25(7)8/h12-14,16-18H,9-11,15H2,1-8H3,(H,24,27). The lowest BCUT2D eigenvalue weighted by atomic mass is 9.97. The largest absolute Gasteiger partial charge is 0.377 e. The Labute approximate surface area is 171 Å². The van der Waals surface area contributed by atoms with Crippen molar-refractivity contribution in [3.8, 4) is 0 Å². The Morgan fingerprint density at radius 3 is 2.11 bits per heavy atom. The highest BCUT2D eigenvalue weighted by Crippen LogP contribution is 2.28. The van der Waals surface area contributed by atoms with Gasteiger partial charge in [0.15, 0.2) is 0 Å². The Hall–Kier alpha value is -2.04. The average molecular weight is 390 g/mol. The van der Waals surface area contributed by atoms with Crippen molar-refractivity contribution in [3.05, 3.63) is 23.8 Å². The first kappa shape index (κ1) is 24.0. The molecule has 5 heteroatoms.